The Bertz CT molecular complexity index is 733. The number of piperazine rings is 1. The van der Waals surface area contributed by atoms with Gasteiger partial charge in [0.15, 0.2) is 5.78 Å². The highest BCUT2D eigenvalue weighted by Gasteiger charge is 2.23. The number of nitrogens with zero attached hydrogens (tertiary/aromatic N) is 2. The first kappa shape index (κ1) is 15.6. The van der Waals surface area contributed by atoms with Gasteiger partial charge in [-0.05, 0) is 31.2 Å². The lowest BCUT2D eigenvalue weighted by atomic mass is 10.2. The highest BCUT2D eigenvalue weighted by atomic mass is 35.5. The largest absolute Gasteiger partial charge is 0.368 e. The molecule has 0 spiro atoms. The van der Waals surface area contributed by atoms with E-state index in [9.17, 15) is 9.59 Å². The summed E-state index contributed by atoms with van der Waals surface area (Å²) in [4.78, 5) is 30.7. The molecule has 23 heavy (non-hydrogen) atoms. The van der Waals surface area contributed by atoms with Crippen molar-refractivity contribution in [3.05, 3.63) is 52.8 Å². The van der Waals surface area contributed by atoms with Gasteiger partial charge in [0.05, 0.1) is 0 Å². The van der Waals surface area contributed by atoms with E-state index in [4.69, 9.17) is 11.6 Å². The van der Waals surface area contributed by atoms with Crippen LogP contribution < -0.4 is 4.90 Å². The van der Waals surface area contributed by atoms with E-state index in [0.29, 0.717) is 29.4 Å². The van der Waals surface area contributed by atoms with Crippen molar-refractivity contribution >= 4 is 29.0 Å². The summed E-state index contributed by atoms with van der Waals surface area (Å²) in [5.41, 5.74) is 2.07. The van der Waals surface area contributed by atoms with Crippen LogP contribution >= 0.6 is 11.6 Å². The number of benzene rings is 1. The van der Waals surface area contributed by atoms with Gasteiger partial charge < -0.3 is 14.8 Å². The molecular weight excluding hydrogens is 314 g/mol. The minimum Gasteiger partial charge on any atom is -0.368 e. The minimum absolute atomic E-state index is 0.0499. The van der Waals surface area contributed by atoms with E-state index < -0.39 is 0 Å². The van der Waals surface area contributed by atoms with Crippen LogP contribution in [-0.4, -0.2) is 47.8 Å². The summed E-state index contributed by atoms with van der Waals surface area (Å²) < 4.78 is 0. The van der Waals surface area contributed by atoms with Gasteiger partial charge in [-0.1, -0.05) is 17.7 Å². The number of H-pyrrole nitrogens is 1. The second-order valence-electron chi connectivity index (χ2n) is 5.62. The lowest BCUT2D eigenvalue weighted by Gasteiger charge is -2.36. The molecule has 1 aliphatic heterocycles. The van der Waals surface area contributed by atoms with Crippen LogP contribution in [0, 0.1) is 0 Å². The molecule has 2 heterocycles. The second kappa shape index (κ2) is 6.46. The van der Waals surface area contributed by atoms with Gasteiger partial charge in [-0.15, -0.1) is 0 Å². The predicted octanol–water partition coefficient (Wildman–Crippen LogP) is 2.83. The fourth-order valence-electron chi connectivity index (χ4n) is 2.73. The molecule has 0 bridgehead atoms. The van der Waals surface area contributed by atoms with E-state index in [1.54, 1.807) is 17.2 Å². The van der Waals surface area contributed by atoms with Gasteiger partial charge in [0.2, 0.25) is 0 Å². The number of rotatable bonds is 3. The molecule has 1 aromatic carbocycles. The molecule has 2 aromatic rings. The quantitative estimate of drug-likeness (QED) is 0.880. The van der Waals surface area contributed by atoms with Crippen molar-refractivity contribution in [3.63, 3.8) is 0 Å². The fraction of sp³-hybridized carbons (Fsp3) is 0.294. The van der Waals surface area contributed by atoms with Gasteiger partial charge in [0.25, 0.3) is 5.91 Å². The second-order valence-corrected chi connectivity index (χ2v) is 6.05. The predicted molar refractivity (Wildman–Crippen MR) is 90.4 cm³/mol. The summed E-state index contributed by atoms with van der Waals surface area (Å²) in [5.74, 6) is -0.116. The first-order chi connectivity index (χ1) is 11.0. The molecule has 6 heteroatoms. The Morgan fingerprint density at radius 1 is 1.13 bits per heavy atom. The van der Waals surface area contributed by atoms with Gasteiger partial charge in [-0.2, -0.15) is 0 Å². The molecule has 1 N–H and O–H groups in total. The first-order valence-electron chi connectivity index (χ1n) is 7.54. The highest BCUT2D eigenvalue weighted by Crippen LogP contribution is 2.21. The molecule has 1 saturated heterocycles. The third-order valence-corrected chi connectivity index (χ3v) is 4.30. The molecule has 0 radical (unpaired) electrons. The number of aromatic amines is 1. The zero-order valence-electron chi connectivity index (χ0n) is 12.9. The average Bonchev–Trinajstić information content (AvgIpc) is 3.04. The lowest BCUT2D eigenvalue weighted by molar-refractivity contribution is 0.0741. The Morgan fingerprint density at radius 2 is 1.87 bits per heavy atom. The highest BCUT2D eigenvalue weighted by molar-refractivity contribution is 6.30. The molecule has 120 valence electrons. The minimum atomic E-state index is -0.0664. The number of anilines is 1. The van der Waals surface area contributed by atoms with Gasteiger partial charge in [0, 0.05) is 48.6 Å². The molecule has 1 amide bonds. The smallest absolute Gasteiger partial charge is 0.270 e. The molecule has 0 atom stereocenters. The molecule has 0 unspecified atom stereocenters. The molecule has 1 aliphatic rings. The summed E-state index contributed by atoms with van der Waals surface area (Å²) in [6.07, 6.45) is 1.58. The van der Waals surface area contributed by atoms with Gasteiger partial charge in [-0.3, -0.25) is 9.59 Å². The van der Waals surface area contributed by atoms with Gasteiger partial charge >= 0.3 is 0 Å². The Kier molecular flexibility index (Phi) is 4.39. The van der Waals surface area contributed by atoms with E-state index in [-0.39, 0.29) is 11.7 Å². The SMILES string of the molecule is CC(=O)c1c[nH]c(C(=O)N2CCN(c3cccc(Cl)c3)CC2)c1. The van der Waals surface area contributed by atoms with E-state index in [0.717, 1.165) is 18.8 Å². The van der Waals surface area contributed by atoms with Crippen LogP contribution in [0.2, 0.25) is 5.02 Å². The topological polar surface area (TPSA) is 56.4 Å². The Balaban J connectivity index is 1.64. The fourth-order valence-corrected chi connectivity index (χ4v) is 2.92. The van der Waals surface area contributed by atoms with E-state index in [2.05, 4.69) is 9.88 Å². The monoisotopic (exact) mass is 331 g/mol. The zero-order valence-corrected chi connectivity index (χ0v) is 13.6. The number of hydrogen-bond donors (Lipinski definition) is 1. The maximum atomic E-state index is 12.5. The van der Waals surface area contributed by atoms with Gasteiger partial charge in [-0.25, -0.2) is 0 Å². The Hall–Kier alpha value is -2.27. The standard InChI is InChI=1S/C17H18ClN3O2/c1-12(22)13-9-16(19-11-13)17(23)21-7-5-20(6-8-21)15-4-2-3-14(18)10-15/h2-4,9-11,19H,5-8H2,1H3. The van der Waals surface area contributed by atoms with Crippen LogP contribution in [0.15, 0.2) is 36.5 Å². The van der Waals surface area contributed by atoms with E-state index >= 15 is 0 Å². The molecule has 3 rings (SSSR count). The van der Waals surface area contributed by atoms with E-state index in [1.165, 1.54) is 6.92 Å². The zero-order chi connectivity index (χ0) is 16.4. The van der Waals surface area contributed by atoms with Crippen LogP contribution in [0.4, 0.5) is 5.69 Å². The van der Waals surface area contributed by atoms with Crippen molar-refractivity contribution < 1.29 is 9.59 Å². The number of hydrogen-bond acceptors (Lipinski definition) is 3. The summed E-state index contributed by atoms with van der Waals surface area (Å²) in [5, 5.41) is 0.712. The van der Waals surface area contributed by atoms with Crippen LogP contribution in [0.25, 0.3) is 0 Å². The van der Waals surface area contributed by atoms with Crippen LogP contribution in [0.5, 0.6) is 0 Å². The molecule has 1 fully saturated rings. The van der Waals surface area contributed by atoms with Crippen molar-refractivity contribution in [1.82, 2.24) is 9.88 Å². The molecular formula is C17H18ClN3O2. The van der Waals surface area contributed by atoms with Crippen LogP contribution in [0.1, 0.15) is 27.8 Å². The van der Waals surface area contributed by atoms with Crippen LogP contribution in [-0.2, 0) is 0 Å². The average molecular weight is 332 g/mol. The van der Waals surface area contributed by atoms with Crippen molar-refractivity contribution in [1.29, 1.82) is 0 Å². The third kappa shape index (κ3) is 3.40. The molecule has 0 aliphatic carbocycles. The van der Waals surface area contributed by atoms with Crippen molar-refractivity contribution in [2.75, 3.05) is 31.1 Å². The number of Topliss-reactive ketones (excluding diaryl/α,β-unsaturated/α-hetero) is 1. The van der Waals surface area contributed by atoms with Crippen LogP contribution in [0.3, 0.4) is 0 Å². The number of ketones is 1. The summed E-state index contributed by atoms with van der Waals surface area (Å²) >= 11 is 6.03. The maximum absolute atomic E-state index is 12.5. The number of halogens is 1. The van der Waals surface area contributed by atoms with E-state index in [1.807, 2.05) is 24.3 Å². The Morgan fingerprint density at radius 3 is 2.48 bits per heavy atom. The normalized spacial score (nSPS) is 14.9. The summed E-state index contributed by atoms with van der Waals surface area (Å²) in [6, 6.07) is 9.35. The number of amides is 1. The maximum Gasteiger partial charge on any atom is 0.270 e. The molecule has 1 aromatic heterocycles. The Labute approximate surface area is 139 Å². The van der Waals surface area contributed by atoms with Crippen molar-refractivity contribution in [3.8, 4) is 0 Å². The third-order valence-electron chi connectivity index (χ3n) is 4.06. The number of aromatic nitrogens is 1. The summed E-state index contributed by atoms with van der Waals surface area (Å²) in [7, 11) is 0. The first-order valence-corrected chi connectivity index (χ1v) is 7.91. The van der Waals surface area contributed by atoms with Crippen molar-refractivity contribution in [2.45, 2.75) is 6.92 Å². The van der Waals surface area contributed by atoms with Gasteiger partial charge in [0.1, 0.15) is 5.69 Å². The molecule has 0 saturated carbocycles. The summed E-state index contributed by atoms with van der Waals surface area (Å²) in [6.45, 7) is 4.28. The number of carbonyl (C=O) groups excluding carboxylic acids is 2. The van der Waals surface area contributed by atoms with Crippen molar-refractivity contribution in [2.24, 2.45) is 0 Å². The number of carbonyl (C=O) groups is 2. The lowest BCUT2D eigenvalue weighted by Crippen LogP contribution is -2.48. The number of nitrogens with one attached hydrogen (secondary N) is 1. The molecule has 5 nitrogen and oxygen atoms in total.